The Balaban J connectivity index is 2.33. The lowest BCUT2D eigenvalue weighted by Gasteiger charge is -2.11. The monoisotopic (exact) mass is 234 g/mol. The Morgan fingerprint density at radius 1 is 1.29 bits per heavy atom. The van der Waals surface area contributed by atoms with Gasteiger partial charge in [0.25, 0.3) is 0 Å². The van der Waals surface area contributed by atoms with Gasteiger partial charge in [0.05, 0.1) is 5.92 Å². The number of aromatic amines is 1. The molecule has 1 aromatic carbocycles. The quantitative estimate of drug-likeness (QED) is 0.652. The van der Waals surface area contributed by atoms with Crippen molar-refractivity contribution in [3.63, 3.8) is 0 Å². The molecule has 0 spiro atoms. The van der Waals surface area contributed by atoms with E-state index < -0.39 is 0 Å². The van der Waals surface area contributed by atoms with E-state index in [1.54, 1.807) is 30.5 Å². The van der Waals surface area contributed by atoms with Gasteiger partial charge in [-0.15, -0.1) is 0 Å². The molecule has 0 radical (unpaired) electrons. The Labute approximate surface area is 97.2 Å². The van der Waals surface area contributed by atoms with E-state index in [4.69, 9.17) is 0 Å². The summed E-state index contributed by atoms with van der Waals surface area (Å²) in [5.74, 6) is -0.722. The summed E-state index contributed by atoms with van der Waals surface area (Å²) < 4.78 is 12.8. The van der Waals surface area contributed by atoms with Gasteiger partial charge < -0.3 is 4.98 Å². The van der Waals surface area contributed by atoms with Gasteiger partial charge in [-0.2, -0.15) is 0 Å². The maximum atomic E-state index is 12.8. The van der Waals surface area contributed by atoms with Gasteiger partial charge in [-0.3, -0.25) is 10.1 Å². The Morgan fingerprint density at radius 3 is 2.53 bits per heavy atom. The highest BCUT2D eigenvalue weighted by Crippen LogP contribution is 2.23. The molecule has 0 aliphatic carbocycles. The van der Waals surface area contributed by atoms with Crippen molar-refractivity contribution in [3.8, 4) is 0 Å². The van der Waals surface area contributed by atoms with Crippen molar-refractivity contribution in [2.75, 3.05) is 6.54 Å². The molecule has 0 amide bonds. The van der Waals surface area contributed by atoms with E-state index in [1.165, 1.54) is 12.1 Å². The van der Waals surface area contributed by atoms with Gasteiger partial charge in [0.1, 0.15) is 5.82 Å². The molecule has 0 fully saturated rings. The van der Waals surface area contributed by atoms with Crippen LogP contribution in [0.25, 0.3) is 0 Å². The standard InChI is InChI=1S/C12H11FN2O2/c13-10-5-3-9(4-6-10)11(8-15(16)17)12-2-1-7-14-12/h1-7,11,14H,8H2/t11-/m0/s1. The summed E-state index contributed by atoms with van der Waals surface area (Å²) in [6, 6.07) is 9.34. The zero-order valence-electron chi connectivity index (χ0n) is 8.97. The number of benzene rings is 1. The van der Waals surface area contributed by atoms with Gasteiger partial charge in [-0.1, -0.05) is 12.1 Å². The molecule has 1 heterocycles. The first-order valence-corrected chi connectivity index (χ1v) is 5.17. The molecular formula is C12H11FN2O2. The average Bonchev–Trinajstić information content (AvgIpc) is 2.80. The molecule has 2 rings (SSSR count). The minimum Gasteiger partial charge on any atom is -0.364 e. The number of nitro groups is 1. The van der Waals surface area contributed by atoms with E-state index in [2.05, 4.69) is 4.98 Å². The number of hydrogen-bond acceptors (Lipinski definition) is 2. The van der Waals surface area contributed by atoms with Gasteiger partial charge in [-0.25, -0.2) is 4.39 Å². The van der Waals surface area contributed by atoms with Crippen LogP contribution in [0.4, 0.5) is 4.39 Å². The zero-order chi connectivity index (χ0) is 12.3. The highest BCUT2D eigenvalue weighted by atomic mass is 19.1. The lowest BCUT2D eigenvalue weighted by Crippen LogP contribution is -2.14. The van der Waals surface area contributed by atoms with E-state index >= 15 is 0 Å². The summed E-state index contributed by atoms with van der Waals surface area (Å²) in [5.41, 5.74) is 1.49. The van der Waals surface area contributed by atoms with E-state index in [1.807, 2.05) is 0 Å². The summed E-state index contributed by atoms with van der Waals surface area (Å²) >= 11 is 0. The maximum Gasteiger partial charge on any atom is 0.216 e. The van der Waals surface area contributed by atoms with E-state index in [-0.39, 0.29) is 23.2 Å². The van der Waals surface area contributed by atoms with Gasteiger partial charge in [0.15, 0.2) is 0 Å². The third-order valence-electron chi connectivity index (χ3n) is 2.60. The van der Waals surface area contributed by atoms with Crippen LogP contribution in [-0.2, 0) is 0 Å². The summed E-state index contributed by atoms with van der Waals surface area (Å²) in [7, 11) is 0. The molecule has 0 unspecified atom stereocenters. The van der Waals surface area contributed by atoms with Crippen molar-refractivity contribution >= 4 is 0 Å². The van der Waals surface area contributed by atoms with Crippen LogP contribution in [0.1, 0.15) is 17.2 Å². The molecule has 1 N–H and O–H groups in total. The third kappa shape index (κ3) is 2.69. The Morgan fingerprint density at radius 2 is 2.00 bits per heavy atom. The van der Waals surface area contributed by atoms with Crippen LogP contribution < -0.4 is 0 Å². The van der Waals surface area contributed by atoms with E-state index in [0.717, 1.165) is 11.3 Å². The van der Waals surface area contributed by atoms with Crippen LogP contribution >= 0.6 is 0 Å². The van der Waals surface area contributed by atoms with Crippen molar-refractivity contribution in [2.45, 2.75) is 5.92 Å². The highest BCUT2D eigenvalue weighted by molar-refractivity contribution is 5.29. The Bertz CT molecular complexity index is 494. The number of aromatic nitrogens is 1. The molecule has 0 aliphatic rings. The fourth-order valence-electron chi connectivity index (χ4n) is 1.79. The Kier molecular flexibility index (Phi) is 3.18. The first-order chi connectivity index (χ1) is 8.16. The molecule has 0 saturated carbocycles. The second-order valence-electron chi connectivity index (χ2n) is 3.74. The molecule has 1 atom stereocenters. The minimum absolute atomic E-state index is 0.216. The lowest BCUT2D eigenvalue weighted by molar-refractivity contribution is -0.481. The summed E-state index contributed by atoms with van der Waals surface area (Å²) in [5, 5.41) is 10.7. The third-order valence-corrected chi connectivity index (χ3v) is 2.60. The largest absolute Gasteiger partial charge is 0.364 e. The second-order valence-corrected chi connectivity index (χ2v) is 3.74. The van der Waals surface area contributed by atoms with Crippen molar-refractivity contribution in [2.24, 2.45) is 0 Å². The van der Waals surface area contributed by atoms with Crippen molar-refractivity contribution in [1.82, 2.24) is 4.98 Å². The van der Waals surface area contributed by atoms with Gasteiger partial charge in [0, 0.05) is 16.8 Å². The fraction of sp³-hybridized carbons (Fsp3) is 0.167. The number of H-pyrrole nitrogens is 1. The molecule has 4 nitrogen and oxygen atoms in total. The van der Waals surface area contributed by atoms with Gasteiger partial charge in [0.2, 0.25) is 6.54 Å². The smallest absolute Gasteiger partial charge is 0.216 e. The molecule has 88 valence electrons. The van der Waals surface area contributed by atoms with E-state index in [9.17, 15) is 14.5 Å². The van der Waals surface area contributed by atoms with Crippen LogP contribution in [0.2, 0.25) is 0 Å². The van der Waals surface area contributed by atoms with Crippen LogP contribution in [0.5, 0.6) is 0 Å². The van der Waals surface area contributed by atoms with Crippen molar-refractivity contribution < 1.29 is 9.31 Å². The lowest BCUT2D eigenvalue weighted by atomic mass is 9.96. The van der Waals surface area contributed by atoms with Crippen molar-refractivity contribution in [1.29, 1.82) is 0 Å². The van der Waals surface area contributed by atoms with Crippen LogP contribution in [0, 0.1) is 15.9 Å². The second kappa shape index (κ2) is 4.78. The van der Waals surface area contributed by atoms with Crippen molar-refractivity contribution in [3.05, 3.63) is 69.8 Å². The summed E-state index contributed by atoms with van der Waals surface area (Å²) in [6.07, 6.45) is 1.71. The van der Waals surface area contributed by atoms with Gasteiger partial charge >= 0.3 is 0 Å². The first-order valence-electron chi connectivity index (χ1n) is 5.17. The predicted octanol–water partition coefficient (Wildman–Crippen LogP) is 2.56. The average molecular weight is 234 g/mol. The minimum atomic E-state index is -0.374. The molecule has 0 aliphatic heterocycles. The number of hydrogen-bond donors (Lipinski definition) is 1. The SMILES string of the molecule is O=[N+]([O-])C[C@@H](c1ccc(F)cc1)c1ccc[nH]1. The van der Waals surface area contributed by atoms with Crippen LogP contribution in [-0.4, -0.2) is 16.5 Å². The highest BCUT2D eigenvalue weighted by Gasteiger charge is 2.20. The predicted molar refractivity (Wildman–Crippen MR) is 60.9 cm³/mol. The van der Waals surface area contributed by atoms with E-state index in [0.29, 0.717) is 0 Å². The first kappa shape index (κ1) is 11.3. The number of nitrogens with one attached hydrogen (secondary N) is 1. The topological polar surface area (TPSA) is 58.9 Å². The molecule has 2 aromatic rings. The molecule has 5 heteroatoms. The Hall–Kier alpha value is -2.17. The molecule has 17 heavy (non-hydrogen) atoms. The number of rotatable bonds is 4. The van der Waals surface area contributed by atoms with Crippen LogP contribution in [0.3, 0.4) is 0 Å². The maximum absolute atomic E-state index is 12.8. The number of halogens is 1. The summed E-state index contributed by atoms with van der Waals surface area (Å²) in [6.45, 7) is -0.216. The molecule has 0 saturated heterocycles. The molecular weight excluding hydrogens is 223 g/mol. The number of nitrogens with zero attached hydrogens (tertiary/aromatic N) is 1. The zero-order valence-corrected chi connectivity index (χ0v) is 8.97. The fourth-order valence-corrected chi connectivity index (χ4v) is 1.79. The normalized spacial score (nSPS) is 12.3. The summed E-state index contributed by atoms with van der Waals surface area (Å²) in [4.78, 5) is 13.3. The molecule has 1 aromatic heterocycles. The van der Waals surface area contributed by atoms with Crippen LogP contribution in [0.15, 0.2) is 42.6 Å². The van der Waals surface area contributed by atoms with Gasteiger partial charge in [-0.05, 0) is 29.8 Å². The molecule has 0 bridgehead atoms.